The van der Waals surface area contributed by atoms with Gasteiger partial charge in [-0.3, -0.25) is 4.79 Å². The first-order chi connectivity index (χ1) is 8.11. The summed E-state index contributed by atoms with van der Waals surface area (Å²) in [6.45, 7) is 2.13. The molecule has 0 saturated carbocycles. The van der Waals surface area contributed by atoms with Gasteiger partial charge in [-0.05, 0) is 17.7 Å². The number of ether oxygens (including phenoxy) is 2. The third-order valence-corrected chi connectivity index (χ3v) is 2.86. The van der Waals surface area contributed by atoms with Crippen LogP contribution in [-0.4, -0.2) is 24.6 Å². The first kappa shape index (κ1) is 14.5. The van der Waals surface area contributed by atoms with Gasteiger partial charge in [0.25, 0.3) is 0 Å². The van der Waals surface area contributed by atoms with Crippen molar-refractivity contribution in [3.8, 4) is 0 Å². The van der Waals surface area contributed by atoms with Crippen molar-refractivity contribution in [1.29, 1.82) is 0 Å². The van der Waals surface area contributed by atoms with Gasteiger partial charge in [-0.15, -0.1) is 11.6 Å². The molecule has 0 aromatic heterocycles. The number of benzene rings is 1. The van der Waals surface area contributed by atoms with Crippen LogP contribution in [0.5, 0.6) is 0 Å². The van der Waals surface area contributed by atoms with Crippen LogP contribution in [-0.2, 0) is 20.9 Å². The smallest absolute Gasteiger partial charge is 0.303 e. The Labute approximate surface area is 114 Å². The number of carbonyl (C=O) groups excluding carboxylic acids is 1. The van der Waals surface area contributed by atoms with Crippen molar-refractivity contribution in [3.05, 3.63) is 34.3 Å². The lowest BCUT2D eigenvalue weighted by Gasteiger charge is -2.14. The number of halogens is 2. The highest BCUT2D eigenvalue weighted by Crippen LogP contribution is 2.11. The van der Waals surface area contributed by atoms with E-state index < -0.39 is 0 Å². The average molecular weight is 322 g/mol. The van der Waals surface area contributed by atoms with Crippen LogP contribution in [0.4, 0.5) is 0 Å². The number of alkyl halides is 1. The highest BCUT2D eigenvalue weighted by Gasteiger charge is 2.10. The Kier molecular flexibility index (Phi) is 6.55. The van der Waals surface area contributed by atoms with Crippen molar-refractivity contribution in [1.82, 2.24) is 0 Å². The second kappa shape index (κ2) is 7.69. The Balaban J connectivity index is 2.30. The maximum absolute atomic E-state index is 10.7. The number of rotatable bonds is 6. The van der Waals surface area contributed by atoms with Crippen molar-refractivity contribution in [3.63, 3.8) is 0 Å². The Morgan fingerprint density at radius 1 is 1.41 bits per heavy atom. The fraction of sp³-hybridized carbons (Fsp3) is 0.417. The van der Waals surface area contributed by atoms with E-state index in [2.05, 4.69) is 15.9 Å². The molecule has 0 bridgehead atoms. The van der Waals surface area contributed by atoms with Crippen molar-refractivity contribution in [2.45, 2.75) is 19.6 Å². The van der Waals surface area contributed by atoms with Crippen LogP contribution in [0.15, 0.2) is 28.7 Å². The van der Waals surface area contributed by atoms with Gasteiger partial charge in [0.05, 0.1) is 19.1 Å². The standard InChI is InChI=1S/C12H14BrClO3/c1-9(15)17-12(6-14)8-16-7-10-2-4-11(13)5-3-10/h2-5,12H,6-8H2,1H3. The highest BCUT2D eigenvalue weighted by atomic mass is 79.9. The van der Waals surface area contributed by atoms with E-state index in [9.17, 15) is 4.79 Å². The molecule has 0 aliphatic carbocycles. The van der Waals surface area contributed by atoms with Crippen LogP contribution in [0.1, 0.15) is 12.5 Å². The number of esters is 1. The van der Waals surface area contributed by atoms with Crippen molar-refractivity contribution in [2.24, 2.45) is 0 Å². The minimum atomic E-state index is -0.385. The molecule has 0 aliphatic rings. The van der Waals surface area contributed by atoms with Crippen LogP contribution in [0.25, 0.3) is 0 Å². The van der Waals surface area contributed by atoms with Crippen molar-refractivity contribution in [2.75, 3.05) is 12.5 Å². The Morgan fingerprint density at radius 3 is 2.59 bits per heavy atom. The molecule has 5 heteroatoms. The minimum absolute atomic E-state index is 0.236. The maximum Gasteiger partial charge on any atom is 0.303 e. The number of hydrogen-bond donors (Lipinski definition) is 0. The summed E-state index contributed by atoms with van der Waals surface area (Å²) in [5.41, 5.74) is 1.06. The lowest BCUT2D eigenvalue weighted by Crippen LogP contribution is -2.23. The van der Waals surface area contributed by atoms with Crippen LogP contribution in [0.2, 0.25) is 0 Å². The molecule has 0 heterocycles. The summed E-state index contributed by atoms with van der Waals surface area (Å²) in [6, 6.07) is 7.82. The predicted octanol–water partition coefficient (Wildman–Crippen LogP) is 3.14. The van der Waals surface area contributed by atoms with Gasteiger partial charge in [0.2, 0.25) is 0 Å². The minimum Gasteiger partial charge on any atom is -0.459 e. The molecule has 1 aromatic rings. The van der Waals surface area contributed by atoms with E-state index in [1.54, 1.807) is 0 Å². The summed E-state index contributed by atoms with van der Waals surface area (Å²) in [5.74, 6) is -0.109. The largest absolute Gasteiger partial charge is 0.459 e. The van der Waals surface area contributed by atoms with Gasteiger partial charge < -0.3 is 9.47 Å². The second-order valence-corrected chi connectivity index (χ2v) is 4.75. The van der Waals surface area contributed by atoms with E-state index >= 15 is 0 Å². The topological polar surface area (TPSA) is 35.5 Å². The summed E-state index contributed by atoms with van der Waals surface area (Å²) in [7, 11) is 0. The molecule has 1 rings (SSSR count). The normalized spacial score (nSPS) is 12.2. The van der Waals surface area contributed by atoms with E-state index in [1.807, 2.05) is 24.3 Å². The summed E-state index contributed by atoms with van der Waals surface area (Å²) >= 11 is 9.01. The maximum atomic E-state index is 10.7. The van der Waals surface area contributed by atoms with Gasteiger partial charge in [-0.25, -0.2) is 0 Å². The van der Waals surface area contributed by atoms with E-state index in [0.717, 1.165) is 10.0 Å². The molecule has 0 radical (unpaired) electrons. The first-order valence-corrected chi connectivity index (χ1v) is 6.50. The Morgan fingerprint density at radius 2 is 2.06 bits per heavy atom. The SMILES string of the molecule is CC(=O)OC(CCl)COCc1ccc(Br)cc1. The number of carbonyl (C=O) groups is 1. The lowest BCUT2D eigenvalue weighted by molar-refractivity contribution is -0.148. The molecule has 0 saturated heterocycles. The quantitative estimate of drug-likeness (QED) is 0.596. The lowest BCUT2D eigenvalue weighted by atomic mass is 10.2. The Hall–Kier alpha value is -0.580. The molecule has 0 N–H and O–H groups in total. The summed E-state index contributed by atoms with van der Waals surface area (Å²) in [4.78, 5) is 10.7. The van der Waals surface area contributed by atoms with E-state index in [-0.39, 0.29) is 18.0 Å². The van der Waals surface area contributed by atoms with Gasteiger partial charge in [-0.1, -0.05) is 28.1 Å². The zero-order valence-electron chi connectivity index (χ0n) is 9.49. The zero-order valence-corrected chi connectivity index (χ0v) is 11.8. The molecular weight excluding hydrogens is 307 g/mol. The third-order valence-electron chi connectivity index (χ3n) is 1.99. The molecule has 0 amide bonds. The fourth-order valence-electron chi connectivity index (χ4n) is 1.23. The van der Waals surface area contributed by atoms with Gasteiger partial charge in [0, 0.05) is 11.4 Å². The molecule has 0 fully saturated rings. The molecule has 0 aliphatic heterocycles. The summed E-state index contributed by atoms with van der Waals surface area (Å²) in [6.07, 6.45) is -0.385. The van der Waals surface area contributed by atoms with Gasteiger partial charge in [-0.2, -0.15) is 0 Å². The highest BCUT2D eigenvalue weighted by molar-refractivity contribution is 9.10. The molecule has 3 nitrogen and oxygen atoms in total. The number of hydrogen-bond acceptors (Lipinski definition) is 3. The third kappa shape index (κ3) is 6.05. The monoisotopic (exact) mass is 320 g/mol. The predicted molar refractivity (Wildman–Crippen MR) is 70.1 cm³/mol. The summed E-state index contributed by atoms with van der Waals surface area (Å²) in [5, 5.41) is 0. The second-order valence-electron chi connectivity index (χ2n) is 3.53. The average Bonchev–Trinajstić information content (AvgIpc) is 2.30. The molecule has 1 atom stereocenters. The van der Waals surface area contributed by atoms with Crippen LogP contribution >= 0.6 is 27.5 Å². The van der Waals surface area contributed by atoms with E-state index in [1.165, 1.54) is 6.92 Å². The van der Waals surface area contributed by atoms with Crippen molar-refractivity contribution < 1.29 is 14.3 Å². The van der Waals surface area contributed by atoms with E-state index in [4.69, 9.17) is 21.1 Å². The van der Waals surface area contributed by atoms with Gasteiger partial charge in [0.1, 0.15) is 6.10 Å². The van der Waals surface area contributed by atoms with Gasteiger partial charge in [0.15, 0.2) is 0 Å². The summed E-state index contributed by atoms with van der Waals surface area (Å²) < 4.78 is 11.4. The molecule has 1 aromatic carbocycles. The Bertz CT molecular complexity index is 353. The van der Waals surface area contributed by atoms with E-state index in [0.29, 0.717) is 13.2 Å². The fourth-order valence-corrected chi connectivity index (χ4v) is 1.65. The molecule has 17 heavy (non-hydrogen) atoms. The van der Waals surface area contributed by atoms with Crippen molar-refractivity contribution >= 4 is 33.5 Å². The molecule has 0 spiro atoms. The first-order valence-electron chi connectivity index (χ1n) is 5.17. The zero-order chi connectivity index (χ0) is 12.7. The molecule has 1 unspecified atom stereocenters. The molecule has 94 valence electrons. The molecular formula is C12H14BrClO3. The van der Waals surface area contributed by atoms with Crippen LogP contribution < -0.4 is 0 Å². The van der Waals surface area contributed by atoms with Crippen LogP contribution in [0.3, 0.4) is 0 Å². The van der Waals surface area contributed by atoms with Gasteiger partial charge >= 0.3 is 5.97 Å². The van der Waals surface area contributed by atoms with Crippen LogP contribution in [0, 0.1) is 0 Å².